The van der Waals surface area contributed by atoms with Crippen molar-refractivity contribution in [3.05, 3.63) is 40.2 Å². The Kier molecular flexibility index (Phi) is 4.09. The summed E-state index contributed by atoms with van der Waals surface area (Å²) in [5.74, 6) is -0.164. The van der Waals surface area contributed by atoms with E-state index < -0.39 is 0 Å². The summed E-state index contributed by atoms with van der Waals surface area (Å²) in [5.41, 5.74) is 2.74. The number of thiazole rings is 1. The number of benzene rings is 1. The van der Waals surface area contributed by atoms with Gasteiger partial charge in [-0.15, -0.1) is 11.3 Å². The number of rotatable bonds is 4. The third kappa shape index (κ3) is 2.76. The van der Waals surface area contributed by atoms with Gasteiger partial charge in [-0.3, -0.25) is 0 Å². The number of aromatic nitrogens is 1. The van der Waals surface area contributed by atoms with Gasteiger partial charge >= 0.3 is 0 Å². The number of halogens is 1. The standard InChI is InChI=1S/C14H17FN2S/c1-9-8-11(4-5-12(9)15)14-17-10(2)13(18-14)6-7-16-3/h4-5,8,16H,6-7H2,1-3H3. The molecule has 4 heteroatoms. The number of nitrogens with zero attached hydrogens (tertiary/aromatic N) is 1. The highest BCUT2D eigenvalue weighted by Crippen LogP contribution is 2.29. The van der Waals surface area contributed by atoms with E-state index in [1.807, 2.05) is 20.0 Å². The van der Waals surface area contributed by atoms with E-state index in [0.29, 0.717) is 5.56 Å². The van der Waals surface area contributed by atoms with Gasteiger partial charge < -0.3 is 5.32 Å². The zero-order valence-corrected chi connectivity index (χ0v) is 11.7. The van der Waals surface area contributed by atoms with Gasteiger partial charge in [0.25, 0.3) is 0 Å². The maximum absolute atomic E-state index is 13.2. The highest BCUT2D eigenvalue weighted by atomic mass is 32.1. The Morgan fingerprint density at radius 2 is 2.11 bits per heavy atom. The van der Waals surface area contributed by atoms with E-state index in [1.54, 1.807) is 24.3 Å². The third-order valence-corrected chi connectivity index (χ3v) is 4.17. The molecule has 0 radical (unpaired) electrons. The Hall–Kier alpha value is -1.26. The van der Waals surface area contributed by atoms with Crippen molar-refractivity contribution in [1.82, 2.24) is 10.3 Å². The van der Waals surface area contributed by atoms with Gasteiger partial charge in [0, 0.05) is 10.4 Å². The van der Waals surface area contributed by atoms with Crippen molar-refractivity contribution in [2.45, 2.75) is 20.3 Å². The van der Waals surface area contributed by atoms with Gasteiger partial charge in [-0.1, -0.05) is 0 Å². The monoisotopic (exact) mass is 264 g/mol. The Morgan fingerprint density at radius 3 is 2.78 bits per heavy atom. The van der Waals surface area contributed by atoms with E-state index >= 15 is 0 Å². The lowest BCUT2D eigenvalue weighted by Crippen LogP contribution is -2.09. The van der Waals surface area contributed by atoms with Crippen LogP contribution in [0.4, 0.5) is 4.39 Å². The lowest BCUT2D eigenvalue weighted by Gasteiger charge is -1.99. The first-order chi connectivity index (χ1) is 8.61. The molecule has 0 bridgehead atoms. The molecular formula is C14H17FN2S. The molecule has 1 heterocycles. The fourth-order valence-corrected chi connectivity index (χ4v) is 2.86. The summed E-state index contributed by atoms with van der Waals surface area (Å²) in [6.07, 6.45) is 0.986. The molecule has 0 saturated carbocycles. The average Bonchev–Trinajstić information content (AvgIpc) is 2.72. The van der Waals surface area contributed by atoms with Crippen molar-refractivity contribution in [2.75, 3.05) is 13.6 Å². The zero-order chi connectivity index (χ0) is 13.1. The minimum Gasteiger partial charge on any atom is -0.319 e. The van der Waals surface area contributed by atoms with Crippen LogP contribution in [0.25, 0.3) is 10.6 Å². The molecule has 1 aromatic heterocycles. The predicted octanol–water partition coefficient (Wildman–Crippen LogP) is 3.33. The molecule has 96 valence electrons. The summed E-state index contributed by atoms with van der Waals surface area (Å²) in [7, 11) is 1.95. The quantitative estimate of drug-likeness (QED) is 0.916. The van der Waals surface area contributed by atoms with Crippen LogP contribution in [-0.2, 0) is 6.42 Å². The van der Waals surface area contributed by atoms with Gasteiger partial charge in [0.1, 0.15) is 10.8 Å². The molecule has 0 atom stereocenters. The fourth-order valence-electron chi connectivity index (χ4n) is 1.80. The van der Waals surface area contributed by atoms with Crippen molar-refractivity contribution in [3.8, 4) is 10.6 Å². The molecule has 0 aliphatic carbocycles. The lowest BCUT2D eigenvalue weighted by atomic mass is 10.1. The van der Waals surface area contributed by atoms with Gasteiger partial charge in [0.05, 0.1) is 5.69 Å². The summed E-state index contributed by atoms with van der Waals surface area (Å²) in [5, 5.41) is 4.11. The van der Waals surface area contributed by atoms with Gasteiger partial charge in [-0.25, -0.2) is 9.37 Å². The molecule has 2 aromatic rings. The Morgan fingerprint density at radius 1 is 1.33 bits per heavy atom. The summed E-state index contributed by atoms with van der Waals surface area (Å²) in [6, 6.07) is 5.16. The topological polar surface area (TPSA) is 24.9 Å². The number of likely N-dealkylation sites (N-methyl/N-ethyl adjacent to an activating group) is 1. The third-order valence-electron chi connectivity index (χ3n) is 2.90. The van der Waals surface area contributed by atoms with E-state index in [2.05, 4.69) is 10.3 Å². The summed E-state index contributed by atoms with van der Waals surface area (Å²) >= 11 is 1.69. The molecule has 0 fully saturated rings. The fraction of sp³-hybridized carbons (Fsp3) is 0.357. The molecule has 0 aliphatic rings. The molecule has 2 rings (SSSR count). The maximum atomic E-state index is 13.2. The van der Waals surface area contributed by atoms with Crippen LogP contribution >= 0.6 is 11.3 Å². The molecule has 0 saturated heterocycles. The lowest BCUT2D eigenvalue weighted by molar-refractivity contribution is 0.619. The van der Waals surface area contributed by atoms with Crippen LogP contribution in [0.15, 0.2) is 18.2 Å². The highest BCUT2D eigenvalue weighted by Gasteiger charge is 2.10. The highest BCUT2D eigenvalue weighted by molar-refractivity contribution is 7.15. The molecule has 0 spiro atoms. The van der Waals surface area contributed by atoms with E-state index in [1.165, 1.54) is 10.9 Å². The number of nitrogens with one attached hydrogen (secondary N) is 1. The van der Waals surface area contributed by atoms with Gasteiger partial charge in [0.15, 0.2) is 0 Å². The normalized spacial score (nSPS) is 10.9. The van der Waals surface area contributed by atoms with Crippen LogP contribution in [0.2, 0.25) is 0 Å². The van der Waals surface area contributed by atoms with E-state index in [9.17, 15) is 4.39 Å². The first-order valence-electron chi connectivity index (χ1n) is 5.99. The van der Waals surface area contributed by atoms with Crippen LogP contribution in [0.1, 0.15) is 16.1 Å². The molecule has 0 aliphatic heterocycles. The van der Waals surface area contributed by atoms with Crippen LogP contribution in [0.3, 0.4) is 0 Å². The summed E-state index contributed by atoms with van der Waals surface area (Å²) in [6.45, 7) is 4.76. The minimum absolute atomic E-state index is 0.164. The van der Waals surface area contributed by atoms with Crippen molar-refractivity contribution in [1.29, 1.82) is 0 Å². The van der Waals surface area contributed by atoms with Gasteiger partial charge in [-0.05, 0) is 57.6 Å². The number of hydrogen-bond donors (Lipinski definition) is 1. The van der Waals surface area contributed by atoms with E-state index in [0.717, 1.165) is 29.2 Å². The van der Waals surface area contributed by atoms with Crippen molar-refractivity contribution < 1.29 is 4.39 Å². The smallest absolute Gasteiger partial charge is 0.126 e. The SMILES string of the molecule is CNCCc1sc(-c2ccc(F)c(C)c2)nc1C. The van der Waals surface area contributed by atoms with Crippen molar-refractivity contribution >= 4 is 11.3 Å². The Labute approximate surface area is 111 Å². The van der Waals surface area contributed by atoms with E-state index in [-0.39, 0.29) is 5.82 Å². The van der Waals surface area contributed by atoms with Gasteiger partial charge in [-0.2, -0.15) is 0 Å². The van der Waals surface area contributed by atoms with Crippen LogP contribution in [-0.4, -0.2) is 18.6 Å². The van der Waals surface area contributed by atoms with E-state index in [4.69, 9.17) is 0 Å². The molecular weight excluding hydrogens is 247 g/mol. The molecule has 1 aromatic carbocycles. The average molecular weight is 264 g/mol. The predicted molar refractivity (Wildman–Crippen MR) is 74.6 cm³/mol. The summed E-state index contributed by atoms with van der Waals surface area (Å²) in [4.78, 5) is 5.87. The number of hydrogen-bond acceptors (Lipinski definition) is 3. The second-order valence-corrected chi connectivity index (χ2v) is 5.43. The first-order valence-corrected chi connectivity index (χ1v) is 6.81. The largest absolute Gasteiger partial charge is 0.319 e. The molecule has 18 heavy (non-hydrogen) atoms. The molecule has 0 amide bonds. The van der Waals surface area contributed by atoms with Crippen molar-refractivity contribution in [2.24, 2.45) is 0 Å². The molecule has 1 N–H and O–H groups in total. The maximum Gasteiger partial charge on any atom is 0.126 e. The second kappa shape index (κ2) is 5.59. The molecule has 0 unspecified atom stereocenters. The van der Waals surface area contributed by atoms with Crippen LogP contribution in [0.5, 0.6) is 0 Å². The van der Waals surface area contributed by atoms with Crippen molar-refractivity contribution in [3.63, 3.8) is 0 Å². The Balaban J connectivity index is 2.30. The zero-order valence-electron chi connectivity index (χ0n) is 10.9. The van der Waals surface area contributed by atoms with Crippen LogP contribution < -0.4 is 5.32 Å². The number of aryl methyl sites for hydroxylation is 2. The van der Waals surface area contributed by atoms with Gasteiger partial charge in [0.2, 0.25) is 0 Å². The summed E-state index contributed by atoms with van der Waals surface area (Å²) < 4.78 is 13.2. The first kappa shape index (κ1) is 13.2. The minimum atomic E-state index is -0.164. The Bertz CT molecular complexity index is 549. The molecule has 2 nitrogen and oxygen atoms in total. The van der Waals surface area contributed by atoms with Crippen LogP contribution in [0, 0.1) is 19.7 Å². The second-order valence-electron chi connectivity index (χ2n) is 4.35.